The predicted octanol–water partition coefficient (Wildman–Crippen LogP) is 25.4. The molecule has 464 valence electrons. The highest BCUT2D eigenvalue weighted by Gasteiger charge is 2.38. The van der Waals surface area contributed by atoms with Gasteiger partial charge in [-0.2, -0.15) is 0 Å². The Balaban J connectivity index is 0.820. The second kappa shape index (κ2) is 24.1. The van der Waals surface area contributed by atoms with Gasteiger partial charge in [-0.15, -0.1) is 0 Å². The Labute approximate surface area is 572 Å². The van der Waals surface area contributed by atoms with Gasteiger partial charge in [-0.25, -0.2) is 4.98 Å². The lowest BCUT2D eigenvalue weighted by Gasteiger charge is -2.42. The fraction of sp³-hybridized carbons (Fsp3) is 0.0532. The molecule has 1 aliphatic carbocycles. The third-order valence-electron chi connectivity index (χ3n) is 20.2. The van der Waals surface area contributed by atoms with Crippen LogP contribution in [0.25, 0.3) is 145 Å². The van der Waals surface area contributed by atoms with E-state index in [1.165, 1.54) is 77.8 Å². The molecule has 4 nitrogen and oxygen atoms in total. The van der Waals surface area contributed by atoms with Crippen molar-refractivity contribution >= 4 is 55.6 Å². The highest BCUT2D eigenvalue weighted by atomic mass is 15.2. The van der Waals surface area contributed by atoms with Gasteiger partial charge in [0.15, 0.2) is 0 Å². The van der Waals surface area contributed by atoms with Crippen LogP contribution in [-0.2, 0) is 5.41 Å². The highest BCUT2D eigenvalue weighted by molar-refractivity contribution is 6.12. The molecular weight excluding hydrogens is 1190 g/mol. The third-order valence-corrected chi connectivity index (χ3v) is 20.2. The number of fused-ring (bicyclic) bond motifs is 6. The molecule has 0 saturated carbocycles. The Kier molecular flexibility index (Phi) is 14.3. The maximum atomic E-state index is 5.28. The van der Waals surface area contributed by atoms with Crippen LogP contribution in [0.15, 0.2) is 352 Å². The highest BCUT2D eigenvalue weighted by Crippen LogP contribution is 2.54. The van der Waals surface area contributed by atoms with Gasteiger partial charge in [0.05, 0.1) is 33.4 Å². The molecule has 0 N–H and O–H groups in total. The van der Waals surface area contributed by atoms with Gasteiger partial charge in [0.2, 0.25) is 0 Å². The average molecular weight is 1250 g/mol. The summed E-state index contributed by atoms with van der Waals surface area (Å²) in [5.74, 6) is 0.940. The quantitative estimate of drug-likeness (QED) is 0.122. The van der Waals surface area contributed by atoms with Crippen molar-refractivity contribution in [1.29, 1.82) is 0 Å². The van der Waals surface area contributed by atoms with Crippen molar-refractivity contribution in [3.63, 3.8) is 0 Å². The van der Waals surface area contributed by atoms with Crippen LogP contribution in [0.4, 0.5) is 17.1 Å². The molecule has 0 unspecified atom stereocenters. The van der Waals surface area contributed by atoms with Crippen LogP contribution in [0.5, 0.6) is 0 Å². The summed E-state index contributed by atoms with van der Waals surface area (Å²) in [6.07, 6.45) is 8.91. The van der Waals surface area contributed by atoms with Gasteiger partial charge in [0, 0.05) is 38.8 Å². The zero-order valence-electron chi connectivity index (χ0n) is 54.7. The Morgan fingerprint density at radius 1 is 0.286 bits per heavy atom. The number of aromatic nitrogens is 3. The minimum atomic E-state index is -0.367. The molecule has 0 amide bonds. The first-order valence-electron chi connectivity index (χ1n) is 34.1. The summed E-state index contributed by atoms with van der Waals surface area (Å²) < 4.78 is 4.87. The molecule has 2 aliphatic rings. The number of rotatable bonds is 12. The minimum Gasteiger partial charge on any atom is -0.310 e. The summed E-state index contributed by atoms with van der Waals surface area (Å²) in [7, 11) is 0. The van der Waals surface area contributed by atoms with Crippen molar-refractivity contribution in [1.82, 2.24) is 14.1 Å². The number of allylic oxidation sites excluding steroid dienone is 4. The van der Waals surface area contributed by atoms with E-state index in [9.17, 15) is 0 Å². The summed E-state index contributed by atoms with van der Waals surface area (Å²) in [6.45, 7) is 4.80. The van der Waals surface area contributed by atoms with Gasteiger partial charge in [-0.1, -0.05) is 232 Å². The van der Waals surface area contributed by atoms with Crippen molar-refractivity contribution in [3.05, 3.63) is 363 Å². The van der Waals surface area contributed by atoms with Crippen LogP contribution in [0.1, 0.15) is 37.8 Å². The van der Waals surface area contributed by atoms with E-state index in [-0.39, 0.29) is 5.41 Å². The van der Waals surface area contributed by atoms with Gasteiger partial charge in [0.1, 0.15) is 5.82 Å². The molecule has 0 saturated heterocycles. The molecule has 98 heavy (non-hydrogen) atoms. The lowest BCUT2D eigenvalue weighted by Crippen LogP contribution is -2.30. The van der Waals surface area contributed by atoms with E-state index in [1.54, 1.807) is 0 Å². The first-order chi connectivity index (χ1) is 48.3. The molecule has 0 fully saturated rings. The fourth-order valence-electron chi connectivity index (χ4n) is 15.3. The third kappa shape index (κ3) is 10.4. The first kappa shape index (κ1) is 58.2. The lowest BCUT2D eigenvalue weighted by atomic mass is 9.73. The van der Waals surface area contributed by atoms with Crippen LogP contribution in [-0.4, -0.2) is 14.1 Å². The van der Waals surface area contributed by atoms with Gasteiger partial charge in [0.25, 0.3) is 0 Å². The van der Waals surface area contributed by atoms with Crippen molar-refractivity contribution in [2.45, 2.75) is 32.1 Å². The van der Waals surface area contributed by atoms with E-state index >= 15 is 0 Å². The Hall–Kier alpha value is -12.4. The minimum absolute atomic E-state index is 0.367. The SMILES string of the molecule is CC1(C)c2ccccc2N(c2ccc(-c3nc4ccccc4n3C3=CCCC=C3)cc2)c2cc3c4ccccc4n(-c4cc(-c5cccc(-c6cc(-c7ccccc7)cc(-c7ccccc7)c6)c5)cc(-c5cccc(-c6cc(-c7ccccc7)cc(-c7ccccc7)c6)c5)c4)c3cc21. The number of benzene rings is 14. The van der Waals surface area contributed by atoms with Crippen molar-refractivity contribution in [2.75, 3.05) is 4.90 Å². The first-order valence-corrected chi connectivity index (χ1v) is 34.1. The summed E-state index contributed by atoms with van der Waals surface area (Å²) in [4.78, 5) is 7.78. The number of para-hydroxylation sites is 4. The lowest BCUT2D eigenvalue weighted by molar-refractivity contribution is 0.632. The predicted molar refractivity (Wildman–Crippen MR) is 412 cm³/mol. The van der Waals surface area contributed by atoms with E-state index < -0.39 is 0 Å². The standard InChI is InChI=1S/C94H68N4/c1-94(2)85-41-19-22-44-89(85)96(81-48-46-67(47-49-81)93-95-87-42-20-23-45-90(87)98(93)80-38-16-7-17-39-80)92-61-84-83-40-18-21-43-88(83)97(91(84)62-86(92)94)82-59-78(70-36-24-34-68(50-70)76-54-72(63-26-8-3-9-27-63)52-73(55-76)64-28-10-4-11-29-64)58-79(60-82)71-37-25-35-69(51-71)77-56-74(65-30-12-5-13-31-65)53-75(57-77)66-32-14-6-15-33-66/h3-6,8-16,18-62H,7,17H2,1-2H3. The molecule has 0 atom stereocenters. The molecule has 16 aromatic rings. The van der Waals surface area contributed by atoms with Gasteiger partial charge < -0.3 is 9.47 Å². The summed E-state index contributed by atoms with van der Waals surface area (Å²) in [6, 6.07) is 123. The molecule has 4 heteroatoms. The molecule has 0 spiro atoms. The molecule has 14 aromatic carbocycles. The van der Waals surface area contributed by atoms with E-state index in [0.717, 1.165) is 108 Å². The summed E-state index contributed by atoms with van der Waals surface area (Å²) >= 11 is 0. The summed E-state index contributed by atoms with van der Waals surface area (Å²) in [5.41, 5.74) is 31.9. The maximum absolute atomic E-state index is 5.28. The molecule has 1 aliphatic heterocycles. The second-order valence-electron chi connectivity index (χ2n) is 26.6. The fourth-order valence-corrected chi connectivity index (χ4v) is 15.3. The zero-order valence-corrected chi connectivity index (χ0v) is 54.7. The Morgan fingerprint density at radius 2 is 0.724 bits per heavy atom. The monoisotopic (exact) mass is 1250 g/mol. The smallest absolute Gasteiger partial charge is 0.145 e. The normalized spacial score (nSPS) is 13.2. The molecule has 3 heterocycles. The topological polar surface area (TPSA) is 26.0 Å². The molecule has 18 rings (SSSR count). The Morgan fingerprint density at radius 3 is 1.24 bits per heavy atom. The van der Waals surface area contributed by atoms with Gasteiger partial charge in [-0.3, -0.25) is 4.57 Å². The van der Waals surface area contributed by atoms with Crippen molar-refractivity contribution in [3.8, 4) is 106 Å². The number of hydrogen-bond donors (Lipinski definition) is 0. The van der Waals surface area contributed by atoms with E-state index in [1.807, 2.05) is 0 Å². The summed E-state index contributed by atoms with van der Waals surface area (Å²) in [5, 5.41) is 2.38. The second-order valence-corrected chi connectivity index (χ2v) is 26.6. The van der Waals surface area contributed by atoms with Crippen LogP contribution in [0, 0.1) is 0 Å². The van der Waals surface area contributed by atoms with E-state index in [4.69, 9.17) is 4.98 Å². The van der Waals surface area contributed by atoms with Crippen molar-refractivity contribution < 1.29 is 0 Å². The van der Waals surface area contributed by atoms with Gasteiger partial charge in [-0.05, 0) is 246 Å². The molecule has 0 bridgehead atoms. The van der Waals surface area contributed by atoms with Crippen LogP contribution in [0.2, 0.25) is 0 Å². The average Bonchev–Trinajstić information content (AvgIpc) is 1.37. The maximum Gasteiger partial charge on any atom is 0.145 e. The van der Waals surface area contributed by atoms with Gasteiger partial charge >= 0.3 is 0 Å². The largest absolute Gasteiger partial charge is 0.310 e. The molecular formula is C94H68N4. The molecule has 0 radical (unpaired) electrons. The van der Waals surface area contributed by atoms with E-state index in [0.29, 0.717) is 0 Å². The van der Waals surface area contributed by atoms with Crippen LogP contribution in [0.3, 0.4) is 0 Å². The van der Waals surface area contributed by atoms with E-state index in [2.05, 4.69) is 380 Å². The van der Waals surface area contributed by atoms with Crippen molar-refractivity contribution in [2.24, 2.45) is 0 Å². The Bertz CT molecular complexity index is 5510. The number of imidazole rings is 1. The number of anilines is 3. The number of nitrogens with zero attached hydrogens (tertiary/aromatic N) is 4. The number of hydrogen-bond acceptors (Lipinski definition) is 2. The van der Waals surface area contributed by atoms with Crippen LogP contribution < -0.4 is 4.90 Å². The zero-order chi connectivity index (χ0) is 65.3. The van der Waals surface area contributed by atoms with Crippen LogP contribution >= 0.6 is 0 Å². The molecule has 2 aromatic heterocycles.